The Hall–Kier alpha value is -1.34. The molecule has 1 aliphatic carbocycles. The van der Waals surface area contributed by atoms with E-state index in [-0.39, 0.29) is 12.5 Å². The summed E-state index contributed by atoms with van der Waals surface area (Å²) in [6, 6.07) is 0. The fourth-order valence-corrected chi connectivity index (χ4v) is 2.64. The van der Waals surface area contributed by atoms with Gasteiger partial charge in [0.05, 0.1) is 19.3 Å². The second kappa shape index (κ2) is 14.0. The van der Waals surface area contributed by atoms with Gasteiger partial charge in [-0.1, -0.05) is 25.7 Å². The van der Waals surface area contributed by atoms with Crippen molar-refractivity contribution in [3.05, 3.63) is 0 Å². The number of hydrogen-bond acceptors (Lipinski definition) is 4. The Balaban J connectivity index is 2.21. The Morgan fingerprint density at radius 3 is 2.42 bits per heavy atom. The van der Waals surface area contributed by atoms with Gasteiger partial charge < -0.3 is 25.4 Å². The first kappa shape index (κ1) is 20.7. The molecule has 3 N–H and O–H groups in total. The second-order valence-corrected chi connectivity index (χ2v) is 5.95. The van der Waals surface area contributed by atoms with Crippen LogP contribution in [0.3, 0.4) is 0 Å². The molecule has 1 amide bonds. The number of amides is 1. The molecule has 1 rings (SSSR count). The van der Waals surface area contributed by atoms with Gasteiger partial charge in [0.1, 0.15) is 6.54 Å². The monoisotopic (exact) mass is 342 g/mol. The van der Waals surface area contributed by atoms with Gasteiger partial charge in [-0.05, 0) is 19.8 Å². The SMILES string of the molecule is CCNC(=NCC(=O)NCCOC)NCCOC1CCCCCC1. The maximum Gasteiger partial charge on any atom is 0.241 e. The van der Waals surface area contributed by atoms with Crippen LogP contribution in [-0.4, -0.2) is 64.5 Å². The van der Waals surface area contributed by atoms with Gasteiger partial charge in [0, 0.05) is 26.7 Å². The van der Waals surface area contributed by atoms with Crippen molar-refractivity contribution in [2.24, 2.45) is 4.99 Å². The molecule has 0 aromatic carbocycles. The number of guanidine groups is 1. The van der Waals surface area contributed by atoms with Gasteiger partial charge in [-0.2, -0.15) is 0 Å². The van der Waals surface area contributed by atoms with Crippen LogP contribution < -0.4 is 16.0 Å². The van der Waals surface area contributed by atoms with E-state index in [1.54, 1.807) is 7.11 Å². The fourth-order valence-electron chi connectivity index (χ4n) is 2.64. The van der Waals surface area contributed by atoms with Crippen LogP contribution in [0, 0.1) is 0 Å². The Morgan fingerprint density at radius 2 is 1.75 bits per heavy atom. The molecule has 140 valence electrons. The van der Waals surface area contributed by atoms with Gasteiger partial charge in [-0.25, -0.2) is 4.99 Å². The number of nitrogens with zero attached hydrogens (tertiary/aromatic N) is 1. The molecule has 0 bridgehead atoms. The zero-order valence-corrected chi connectivity index (χ0v) is 15.2. The minimum Gasteiger partial charge on any atom is -0.383 e. The Kier molecular flexibility index (Phi) is 12.1. The quantitative estimate of drug-likeness (QED) is 0.239. The number of nitrogens with one attached hydrogen (secondary N) is 3. The zero-order chi connectivity index (χ0) is 17.5. The number of rotatable bonds is 10. The van der Waals surface area contributed by atoms with Gasteiger partial charge in [0.15, 0.2) is 5.96 Å². The number of carbonyl (C=O) groups excluding carboxylic acids is 1. The van der Waals surface area contributed by atoms with Gasteiger partial charge in [-0.3, -0.25) is 4.79 Å². The average molecular weight is 342 g/mol. The van der Waals surface area contributed by atoms with Crippen LogP contribution >= 0.6 is 0 Å². The highest BCUT2D eigenvalue weighted by atomic mass is 16.5. The van der Waals surface area contributed by atoms with Crippen molar-refractivity contribution >= 4 is 11.9 Å². The van der Waals surface area contributed by atoms with Crippen LogP contribution in [0.5, 0.6) is 0 Å². The molecule has 1 saturated carbocycles. The van der Waals surface area contributed by atoms with E-state index < -0.39 is 0 Å². The van der Waals surface area contributed by atoms with Crippen molar-refractivity contribution in [2.75, 3.05) is 46.5 Å². The predicted octanol–water partition coefficient (Wildman–Crippen LogP) is 1.04. The maximum atomic E-state index is 11.6. The highest BCUT2D eigenvalue weighted by Gasteiger charge is 2.12. The number of methoxy groups -OCH3 is 1. The predicted molar refractivity (Wildman–Crippen MR) is 96.3 cm³/mol. The summed E-state index contributed by atoms with van der Waals surface area (Å²) in [5.74, 6) is 0.530. The van der Waals surface area contributed by atoms with Gasteiger partial charge >= 0.3 is 0 Å². The summed E-state index contributed by atoms with van der Waals surface area (Å²) in [6.07, 6.45) is 7.98. The Bertz CT molecular complexity index is 356. The molecule has 1 aliphatic rings. The number of ether oxygens (including phenoxy) is 2. The Morgan fingerprint density at radius 1 is 1.04 bits per heavy atom. The molecular formula is C17H34N4O3. The highest BCUT2D eigenvalue weighted by Crippen LogP contribution is 2.19. The molecule has 0 radical (unpaired) electrons. The summed E-state index contributed by atoms with van der Waals surface area (Å²) in [6.45, 7) is 5.21. The third kappa shape index (κ3) is 10.4. The van der Waals surface area contributed by atoms with E-state index in [2.05, 4.69) is 20.9 Å². The topological polar surface area (TPSA) is 84.0 Å². The summed E-state index contributed by atoms with van der Waals surface area (Å²) >= 11 is 0. The van der Waals surface area contributed by atoms with E-state index in [4.69, 9.17) is 9.47 Å². The van der Waals surface area contributed by atoms with E-state index in [9.17, 15) is 4.79 Å². The summed E-state index contributed by atoms with van der Waals surface area (Å²) in [5.41, 5.74) is 0. The highest BCUT2D eigenvalue weighted by molar-refractivity contribution is 5.84. The molecule has 24 heavy (non-hydrogen) atoms. The minimum atomic E-state index is -0.112. The standard InChI is InChI=1S/C17H34N4O3/c1-3-18-17(21-14-16(22)19-10-12-23-2)20-11-13-24-15-8-6-4-5-7-9-15/h15H,3-14H2,1-2H3,(H,19,22)(H2,18,20,21). The lowest BCUT2D eigenvalue weighted by Crippen LogP contribution is -2.40. The third-order valence-corrected chi connectivity index (χ3v) is 3.90. The van der Waals surface area contributed by atoms with Crippen LogP contribution in [0.4, 0.5) is 0 Å². The first-order valence-corrected chi connectivity index (χ1v) is 9.15. The van der Waals surface area contributed by atoms with Crippen molar-refractivity contribution in [1.82, 2.24) is 16.0 Å². The third-order valence-electron chi connectivity index (χ3n) is 3.90. The van der Waals surface area contributed by atoms with Gasteiger partial charge in [0.2, 0.25) is 5.91 Å². The molecule has 7 nitrogen and oxygen atoms in total. The van der Waals surface area contributed by atoms with E-state index in [0.29, 0.717) is 38.4 Å². The van der Waals surface area contributed by atoms with Crippen molar-refractivity contribution in [3.63, 3.8) is 0 Å². The van der Waals surface area contributed by atoms with Crippen LogP contribution in [-0.2, 0) is 14.3 Å². The van der Waals surface area contributed by atoms with Crippen molar-refractivity contribution in [3.8, 4) is 0 Å². The van der Waals surface area contributed by atoms with Crippen molar-refractivity contribution in [1.29, 1.82) is 0 Å². The zero-order valence-electron chi connectivity index (χ0n) is 15.2. The van der Waals surface area contributed by atoms with Crippen molar-refractivity contribution in [2.45, 2.75) is 51.6 Å². The number of carbonyl (C=O) groups is 1. The first-order chi connectivity index (χ1) is 11.8. The van der Waals surface area contributed by atoms with Crippen LogP contribution in [0.15, 0.2) is 4.99 Å². The molecule has 7 heteroatoms. The smallest absolute Gasteiger partial charge is 0.241 e. The summed E-state index contributed by atoms with van der Waals surface area (Å²) < 4.78 is 10.8. The maximum absolute atomic E-state index is 11.6. The van der Waals surface area contributed by atoms with Crippen LogP contribution in [0.2, 0.25) is 0 Å². The van der Waals surface area contributed by atoms with E-state index in [1.807, 2.05) is 6.92 Å². The fraction of sp³-hybridized carbons (Fsp3) is 0.882. The molecule has 0 saturated heterocycles. The lowest BCUT2D eigenvalue weighted by molar-refractivity contribution is -0.119. The normalized spacial score (nSPS) is 16.5. The minimum absolute atomic E-state index is 0.0997. The lowest BCUT2D eigenvalue weighted by Gasteiger charge is -2.16. The van der Waals surface area contributed by atoms with Gasteiger partial charge in [-0.15, -0.1) is 0 Å². The summed E-state index contributed by atoms with van der Waals surface area (Å²) in [5, 5.41) is 9.09. The molecule has 0 aromatic rings. The van der Waals surface area contributed by atoms with Crippen LogP contribution in [0.25, 0.3) is 0 Å². The summed E-state index contributed by atoms with van der Waals surface area (Å²) in [4.78, 5) is 15.9. The average Bonchev–Trinajstić information content (AvgIpc) is 2.85. The van der Waals surface area contributed by atoms with Crippen molar-refractivity contribution < 1.29 is 14.3 Å². The van der Waals surface area contributed by atoms with E-state index >= 15 is 0 Å². The first-order valence-electron chi connectivity index (χ1n) is 9.15. The molecule has 0 spiro atoms. The van der Waals surface area contributed by atoms with Gasteiger partial charge in [0.25, 0.3) is 0 Å². The number of hydrogen-bond donors (Lipinski definition) is 3. The number of aliphatic imine (C=N–C) groups is 1. The lowest BCUT2D eigenvalue weighted by atomic mass is 10.1. The summed E-state index contributed by atoms with van der Waals surface area (Å²) in [7, 11) is 1.61. The second-order valence-electron chi connectivity index (χ2n) is 5.95. The molecule has 0 unspecified atom stereocenters. The molecule has 1 fully saturated rings. The van der Waals surface area contributed by atoms with E-state index in [1.165, 1.54) is 38.5 Å². The van der Waals surface area contributed by atoms with Crippen LogP contribution in [0.1, 0.15) is 45.4 Å². The molecule has 0 aromatic heterocycles. The Labute approximate surface area is 146 Å². The molecule has 0 atom stereocenters. The molecule has 0 heterocycles. The molecule has 0 aliphatic heterocycles. The largest absolute Gasteiger partial charge is 0.383 e. The molecular weight excluding hydrogens is 308 g/mol. The van der Waals surface area contributed by atoms with E-state index in [0.717, 1.165) is 6.54 Å².